The molecule has 0 atom stereocenters. The molecule has 1 aliphatic heterocycles. The van der Waals surface area contributed by atoms with Gasteiger partial charge in [-0.05, 0) is 59.9 Å². The minimum atomic E-state index is 0.00943. The van der Waals surface area contributed by atoms with E-state index in [2.05, 4.69) is 49.0 Å². The molecule has 1 aromatic carbocycles. The molecule has 0 radical (unpaired) electrons. The summed E-state index contributed by atoms with van der Waals surface area (Å²) >= 11 is 6.86. The zero-order valence-electron chi connectivity index (χ0n) is 12.4. The van der Waals surface area contributed by atoms with Gasteiger partial charge in [-0.15, -0.1) is 0 Å². The number of amides is 1. The molecule has 0 aliphatic carbocycles. The first kappa shape index (κ1) is 17.0. The zero-order valence-corrected chi connectivity index (χ0v) is 15.5. The van der Waals surface area contributed by atoms with E-state index in [9.17, 15) is 4.79 Å². The molecule has 0 aromatic heterocycles. The maximum Gasteiger partial charge on any atom is 0.252 e. The Hall–Kier alpha value is -0.390. The van der Waals surface area contributed by atoms with Crippen molar-refractivity contribution >= 4 is 37.8 Å². The predicted octanol–water partition coefficient (Wildman–Crippen LogP) is 4.21. The van der Waals surface area contributed by atoms with Crippen molar-refractivity contribution in [1.82, 2.24) is 10.2 Å². The molecular weight excluding hydrogens is 396 g/mol. The van der Waals surface area contributed by atoms with Gasteiger partial charge in [-0.2, -0.15) is 0 Å². The molecule has 1 N–H and O–H groups in total. The van der Waals surface area contributed by atoms with Crippen molar-refractivity contribution < 1.29 is 4.79 Å². The number of benzene rings is 1. The molecule has 1 fully saturated rings. The number of nitrogens with zero attached hydrogens (tertiary/aromatic N) is 1. The topological polar surface area (TPSA) is 32.3 Å². The highest BCUT2D eigenvalue weighted by Crippen LogP contribution is 2.22. The van der Waals surface area contributed by atoms with Crippen LogP contribution in [0.25, 0.3) is 0 Å². The third-order valence-corrected chi connectivity index (χ3v) is 5.11. The summed E-state index contributed by atoms with van der Waals surface area (Å²) in [6.07, 6.45) is 4.59. The van der Waals surface area contributed by atoms with E-state index in [0.29, 0.717) is 11.6 Å². The molecule has 1 saturated heterocycles. The van der Waals surface area contributed by atoms with Gasteiger partial charge < -0.3 is 10.2 Å². The molecule has 0 spiro atoms. The summed E-state index contributed by atoms with van der Waals surface area (Å²) in [6.45, 7) is 5.59. The van der Waals surface area contributed by atoms with Crippen LogP contribution in [-0.4, -0.2) is 36.5 Å². The van der Waals surface area contributed by atoms with E-state index in [1.807, 2.05) is 18.2 Å². The molecule has 1 heterocycles. The van der Waals surface area contributed by atoms with Crippen LogP contribution in [-0.2, 0) is 0 Å². The van der Waals surface area contributed by atoms with Crippen LogP contribution in [0.3, 0.4) is 0 Å². The quantitative estimate of drug-likeness (QED) is 0.778. The van der Waals surface area contributed by atoms with Crippen LogP contribution in [0.5, 0.6) is 0 Å². The Morgan fingerprint density at radius 3 is 2.71 bits per heavy atom. The van der Waals surface area contributed by atoms with E-state index in [0.717, 1.165) is 34.9 Å². The van der Waals surface area contributed by atoms with E-state index < -0.39 is 0 Å². The van der Waals surface area contributed by atoms with Crippen LogP contribution >= 0.6 is 31.9 Å². The molecule has 2 rings (SSSR count). The summed E-state index contributed by atoms with van der Waals surface area (Å²) in [6, 6.07) is 5.97. The summed E-state index contributed by atoms with van der Waals surface area (Å²) in [5.41, 5.74) is 0.692. The Bertz CT molecular complexity index is 485. The second-order valence-electron chi connectivity index (χ2n) is 5.57. The van der Waals surface area contributed by atoms with E-state index in [1.165, 1.54) is 19.4 Å². The summed E-state index contributed by atoms with van der Waals surface area (Å²) in [4.78, 5) is 14.9. The van der Waals surface area contributed by atoms with Crippen molar-refractivity contribution in [1.29, 1.82) is 0 Å². The Morgan fingerprint density at radius 1 is 1.33 bits per heavy atom. The smallest absolute Gasteiger partial charge is 0.252 e. The zero-order chi connectivity index (χ0) is 15.2. The van der Waals surface area contributed by atoms with Crippen LogP contribution in [0.4, 0.5) is 0 Å². The number of hydrogen-bond donors (Lipinski definition) is 1. The molecule has 1 aromatic rings. The number of halogens is 2. The number of unbranched alkanes of at least 4 members (excludes halogenated alkanes) is 1. The Kier molecular flexibility index (Phi) is 6.71. The number of carbonyl (C=O) groups is 1. The first-order valence-corrected chi connectivity index (χ1v) is 9.17. The lowest BCUT2D eigenvalue weighted by Crippen LogP contribution is -2.44. The molecule has 0 bridgehead atoms. The number of hydrogen-bond acceptors (Lipinski definition) is 2. The van der Waals surface area contributed by atoms with Gasteiger partial charge in [0.15, 0.2) is 0 Å². The maximum atomic E-state index is 12.4. The van der Waals surface area contributed by atoms with Gasteiger partial charge in [0.2, 0.25) is 0 Å². The van der Waals surface area contributed by atoms with Crippen molar-refractivity contribution in [3.63, 3.8) is 0 Å². The van der Waals surface area contributed by atoms with Crippen LogP contribution in [0.1, 0.15) is 43.0 Å². The molecule has 1 aliphatic rings. The maximum absolute atomic E-state index is 12.4. The largest absolute Gasteiger partial charge is 0.349 e. The first-order valence-electron chi connectivity index (χ1n) is 7.58. The van der Waals surface area contributed by atoms with Gasteiger partial charge in [0.25, 0.3) is 5.91 Å². The van der Waals surface area contributed by atoms with Crippen LogP contribution in [0.15, 0.2) is 27.1 Å². The van der Waals surface area contributed by atoms with E-state index in [4.69, 9.17) is 0 Å². The van der Waals surface area contributed by atoms with Crippen molar-refractivity contribution in [2.45, 2.75) is 38.6 Å². The number of likely N-dealkylation sites (tertiary alicyclic amines) is 1. The van der Waals surface area contributed by atoms with E-state index in [-0.39, 0.29) is 5.91 Å². The van der Waals surface area contributed by atoms with E-state index >= 15 is 0 Å². The highest BCUT2D eigenvalue weighted by Gasteiger charge is 2.21. The first-order chi connectivity index (χ1) is 10.1. The fraction of sp³-hybridized carbons (Fsp3) is 0.562. The molecular formula is C16H22Br2N2O. The van der Waals surface area contributed by atoms with Gasteiger partial charge in [0, 0.05) is 28.1 Å². The average Bonchev–Trinajstić information content (AvgIpc) is 2.49. The van der Waals surface area contributed by atoms with Gasteiger partial charge in [0.1, 0.15) is 0 Å². The molecule has 21 heavy (non-hydrogen) atoms. The molecule has 3 nitrogen and oxygen atoms in total. The van der Waals surface area contributed by atoms with Crippen molar-refractivity contribution in [2.75, 3.05) is 19.6 Å². The van der Waals surface area contributed by atoms with Crippen molar-refractivity contribution in [3.05, 3.63) is 32.7 Å². The fourth-order valence-electron chi connectivity index (χ4n) is 2.62. The lowest BCUT2D eigenvalue weighted by atomic mass is 10.0. The van der Waals surface area contributed by atoms with E-state index in [1.54, 1.807) is 0 Å². The second-order valence-corrected chi connectivity index (χ2v) is 7.34. The van der Waals surface area contributed by atoms with Gasteiger partial charge in [0.05, 0.1) is 5.56 Å². The number of piperidine rings is 1. The average molecular weight is 418 g/mol. The highest BCUT2D eigenvalue weighted by atomic mass is 79.9. The molecule has 0 unspecified atom stereocenters. The van der Waals surface area contributed by atoms with Gasteiger partial charge in [-0.3, -0.25) is 4.79 Å². The highest BCUT2D eigenvalue weighted by molar-refractivity contribution is 9.11. The van der Waals surface area contributed by atoms with Crippen molar-refractivity contribution in [3.8, 4) is 0 Å². The SMILES string of the molecule is CCCCN1CCC(NC(=O)c2cc(Br)ccc2Br)CC1. The van der Waals surface area contributed by atoms with Gasteiger partial charge >= 0.3 is 0 Å². The second kappa shape index (κ2) is 8.30. The minimum absolute atomic E-state index is 0.00943. The Morgan fingerprint density at radius 2 is 2.05 bits per heavy atom. The van der Waals surface area contributed by atoms with Crippen molar-refractivity contribution in [2.24, 2.45) is 0 Å². The standard InChI is InChI=1S/C16H22Br2N2O/c1-2-3-8-20-9-6-13(7-10-20)19-16(21)14-11-12(17)4-5-15(14)18/h4-5,11,13H,2-3,6-10H2,1H3,(H,19,21). The summed E-state index contributed by atoms with van der Waals surface area (Å²) in [7, 11) is 0. The predicted molar refractivity (Wildman–Crippen MR) is 93.7 cm³/mol. The van der Waals surface area contributed by atoms with Crippen LogP contribution in [0.2, 0.25) is 0 Å². The molecule has 116 valence electrons. The monoisotopic (exact) mass is 416 g/mol. The lowest BCUT2D eigenvalue weighted by molar-refractivity contribution is 0.0910. The Labute approximate surface area is 143 Å². The third kappa shape index (κ3) is 5.08. The number of carbonyl (C=O) groups excluding carboxylic acids is 1. The fourth-order valence-corrected chi connectivity index (χ4v) is 3.41. The molecule has 5 heteroatoms. The van der Waals surface area contributed by atoms with Crippen LogP contribution in [0, 0.1) is 0 Å². The van der Waals surface area contributed by atoms with Crippen LogP contribution < -0.4 is 5.32 Å². The summed E-state index contributed by atoms with van der Waals surface area (Å²) in [5.74, 6) is 0.00943. The van der Waals surface area contributed by atoms with Gasteiger partial charge in [-0.1, -0.05) is 29.3 Å². The lowest BCUT2D eigenvalue weighted by Gasteiger charge is -2.32. The normalized spacial score (nSPS) is 16.9. The Balaban J connectivity index is 1.85. The summed E-state index contributed by atoms with van der Waals surface area (Å²) < 4.78 is 1.76. The molecule has 1 amide bonds. The number of nitrogens with one attached hydrogen (secondary N) is 1. The summed E-state index contributed by atoms with van der Waals surface area (Å²) in [5, 5.41) is 3.16. The minimum Gasteiger partial charge on any atom is -0.349 e. The third-order valence-electron chi connectivity index (χ3n) is 3.92. The molecule has 0 saturated carbocycles. The van der Waals surface area contributed by atoms with Gasteiger partial charge in [-0.25, -0.2) is 0 Å². The number of rotatable bonds is 5.